The van der Waals surface area contributed by atoms with Gasteiger partial charge < -0.3 is 4.74 Å². The number of benzene rings is 1. The molecule has 0 aromatic heterocycles. The first-order valence-electron chi connectivity index (χ1n) is 6.19. The molecule has 1 aliphatic rings. The van der Waals surface area contributed by atoms with Crippen LogP contribution in [0.5, 0.6) is 0 Å². The topological polar surface area (TPSA) is 33.0 Å². The first-order chi connectivity index (χ1) is 8.14. The summed E-state index contributed by atoms with van der Waals surface area (Å²) in [6, 6.07) is 8.95. The molecule has 0 amide bonds. The van der Waals surface area contributed by atoms with E-state index in [9.17, 15) is 5.26 Å². The minimum atomic E-state index is -0.0698. The van der Waals surface area contributed by atoms with E-state index in [2.05, 4.69) is 45.0 Å². The maximum Gasteiger partial charge on any atom is 0.0666 e. The molecule has 0 N–H and O–H groups in total. The highest BCUT2D eigenvalue weighted by atomic mass is 16.5. The van der Waals surface area contributed by atoms with E-state index in [0.717, 1.165) is 6.42 Å². The zero-order chi connectivity index (χ0) is 12.5. The van der Waals surface area contributed by atoms with Crippen molar-refractivity contribution in [2.24, 2.45) is 5.92 Å². The van der Waals surface area contributed by atoms with Crippen molar-refractivity contribution in [1.29, 1.82) is 5.26 Å². The number of ether oxygens (including phenoxy) is 1. The smallest absolute Gasteiger partial charge is 0.0666 e. The molecule has 2 rings (SSSR count). The molecule has 0 bridgehead atoms. The Hall–Kier alpha value is -1.33. The molecule has 0 saturated carbocycles. The van der Waals surface area contributed by atoms with E-state index in [1.165, 1.54) is 16.7 Å². The summed E-state index contributed by atoms with van der Waals surface area (Å²) in [4.78, 5) is 0. The highest BCUT2D eigenvalue weighted by Gasteiger charge is 2.47. The van der Waals surface area contributed by atoms with Gasteiger partial charge in [-0.05, 0) is 31.4 Å². The zero-order valence-corrected chi connectivity index (χ0v) is 10.8. The SMILES string of the molecule is CCC(C#N)C1(c2cc(C)ccc2C)COC1. The van der Waals surface area contributed by atoms with Crippen LogP contribution < -0.4 is 0 Å². The molecule has 90 valence electrons. The van der Waals surface area contributed by atoms with Gasteiger partial charge in [0.2, 0.25) is 0 Å². The van der Waals surface area contributed by atoms with Crippen molar-refractivity contribution in [3.63, 3.8) is 0 Å². The Bertz CT molecular complexity index is 454. The van der Waals surface area contributed by atoms with Crippen molar-refractivity contribution in [2.45, 2.75) is 32.6 Å². The number of hydrogen-bond donors (Lipinski definition) is 0. The Kier molecular flexibility index (Phi) is 3.22. The fourth-order valence-corrected chi connectivity index (χ4v) is 2.74. The first-order valence-corrected chi connectivity index (χ1v) is 6.19. The van der Waals surface area contributed by atoms with Crippen molar-refractivity contribution in [3.8, 4) is 6.07 Å². The van der Waals surface area contributed by atoms with Crippen LogP contribution in [0.3, 0.4) is 0 Å². The molecule has 1 saturated heterocycles. The molecule has 1 unspecified atom stereocenters. The fraction of sp³-hybridized carbons (Fsp3) is 0.533. The van der Waals surface area contributed by atoms with Crippen LogP contribution in [0.15, 0.2) is 18.2 Å². The van der Waals surface area contributed by atoms with Gasteiger partial charge in [-0.25, -0.2) is 0 Å². The van der Waals surface area contributed by atoms with Crippen molar-refractivity contribution >= 4 is 0 Å². The van der Waals surface area contributed by atoms with E-state index in [0.29, 0.717) is 13.2 Å². The average Bonchev–Trinajstić information content (AvgIpc) is 2.27. The van der Waals surface area contributed by atoms with Crippen LogP contribution in [-0.4, -0.2) is 13.2 Å². The van der Waals surface area contributed by atoms with E-state index in [-0.39, 0.29) is 11.3 Å². The molecular formula is C15H19NO. The van der Waals surface area contributed by atoms with Gasteiger partial charge in [0.15, 0.2) is 0 Å². The number of rotatable bonds is 3. The highest BCUT2D eigenvalue weighted by Crippen LogP contribution is 2.42. The molecule has 1 aromatic rings. The second-order valence-electron chi connectivity index (χ2n) is 5.06. The Morgan fingerprint density at radius 1 is 1.41 bits per heavy atom. The molecule has 1 aromatic carbocycles. The third kappa shape index (κ3) is 1.85. The summed E-state index contributed by atoms with van der Waals surface area (Å²) in [6.07, 6.45) is 0.882. The Morgan fingerprint density at radius 3 is 2.59 bits per heavy atom. The van der Waals surface area contributed by atoms with Crippen LogP contribution in [0.4, 0.5) is 0 Å². The van der Waals surface area contributed by atoms with Crippen LogP contribution in [0.25, 0.3) is 0 Å². The van der Waals surface area contributed by atoms with Gasteiger partial charge in [0.25, 0.3) is 0 Å². The van der Waals surface area contributed by atoms with Crippen LogP contribution in [0.2, 0.25) is 0 Å². The number of aryl methyl sites for hydroxylation is 2. The summed E-state index contributed by atoms with van der Waals surface area (Å²) in [7, 11) is 0. The number of nitrogens with zero attached hydrogens (tertiary/aromatic N) is 1. The van der Waals surface area contributed by atoms with Crippen molar-refractivity contribution in [1.82, 2.24) is 0 Å². The van der Waals surface area contributed by atoms with Crippen LogP contribution in [-0.2, 0) is 10.2 Å². The van der Waals surface area contributed by atoms with E-state index >= 15 is 0 Å². The van der Waals surface area contributed by atoms with E-state index in [4.69, 9.17) is 4.74 Å². The van der Waals surface area contributed by atoms with E-state index in [1.54, 1.807) is 0 Å². The molecular weight excluding hydrogens is 210 g/mol. The van der Waals surface area contributed by atoms with Gasteiger partial charge in [0, 0.05) is 0 Å². The predicted molar refractivity (Wildman–Crippen MR) is 67.8 cm³/mol. The second-order valence-corrected chi connectivity index (χ2v) is 5.06. The summed E-state index contributed by atoms with van der Waals surface area (Å²) >= 11 is 0. The monoisotopic (exact) mass is 229 g/mol. The summed E-state index contributed by atoms with van der Waals surface area (Å²) in [6.45, 7) is 7.67. The van der Waals surface area contributed by atoms with E-state index in [1.807, 2.05) is 0 Å². The standard InChI is InChI=1S/C15H19NO/c1-4-13(8-16)15(9-17-10-15)14-7-11(2)5-6-12(14)3/h5-7,13H,4,9-10H2,1-3H3. The third-order valence-corrected chi connectivity index (χ3v) is 3.88. The zero-order valence-electron chi connectivity index (χ0n) is 10.8. The molecule has 2 heteroatoms. The lowest BCUT2D eigenvalue weighted by atomic mass is 9.66. The minimum Gasteiger partial charge on any atom is -0.379 e. The molecule has 1 aliphatic heterocycles. The Balaban J connectivity index is 2.48. The summed E-state index contributed by atoms with van der Waals surface area (Å²) in [5, 5.41) is 9.34. The largest absolute Gasteiger partial charge is 0.379 e. The molecule has 0 radical (unpaired) electrons. The lowest BCUT2D eigenvalue weighted by Gasteiger charge is -2.45. The van der Waals surface area contributed by atoms with Crippen LogP contribution in [0, 0.1) is 31.1 Å². The third-order valence-electron chi connectivity index (χ3n) is 3.88. The van der Waals surface area contributed by atoms with Gasteiger partial charge in [-0.2, -0.15) is 5.26 Å². The molecule has 1 fully saturated rings. The van der Waals surface area contributed by atoms with Crippen molar-refractivity contribution < 1.29 is 4.74 Å². The highest BCUT2D eigenvalue weighted by molar-refractivity contribution is 5.40. The maximum atomic E-state index is 9.34. The number of hydrogen-bond acceptors (Lipinski definition) is 2. The normalized spacial score (nSPS) is 19.2. The average molecular weight is 229 g/mol. The molecule has 0 spiro atoms. The van der Waals surface area contributed by atoms with E-state index < -0.39 is 0 Å². The summed E-state index contributed by atoms with van der Waals surface area (Å²) in [5.41, 5.74) is 3.76. The Labute approximate surface area is 103 Å². The lowest BCUT2D eigenvalue weighted by Crippen LogP contribution is -2.52. The number of nitriles is 1. The predicted octanol–water partition coefficient (Wildman–Crippen LogP) is 3.12. The van der Waals surface area contributed by atoms with Gasteiger partial charge in [0.05, 0.1) is 30.6 Å². The lowest BCUT2D eigenvalue weighted by molar-refractivity contribution is -0.0808. The van der Waals surface area contributed by atoms with Gasteiger partial charge in [-0.1, -0.05) is 30.7 Å². The molecule has 2 nitrogen and oxygen atoms in total. The molecule has 1 heterocycles. The van der Waals surface area contributed by atoms with Crippen LogP contribution >= 0.6 is 0 Å². The van der Waals surface area contributed by atoms with Gasteiger partial charge >= 0.3 is 0 Å². The minimum absolute atomic E-state index is 0.0525. The molecule has 1 atom stereocenters. The summed E-state index contributed by atoms with van der Waals surface area (Å²) < 4.78 is 5.42. The van der Waals surface area contributed by atoms with Gasteiger partial charge in [-0.15, -0.1) is 0 Å². The van der Waals surface area contributed by atoms with Crippen molar-refractivity contribution in [2.75, 3.05) is 13.2 Å². The Morgan fingerprint density at radius 2 is 2.12 bits per heavy atom. The maximum absolute atomic E-state index is 9.34. The second kappa shape index (κ2) is 4.50. The van der Waals surface area contributed by atoms with Crippen LogP contribution in [0.1, 0.15) is 30.0 Å². The fourth-order valence-electron chi connectivity index (χ4n) is 2.74. The van der Waals surface area contributed by atoms with Gasteiger partial charge in [-0.3, -0.25) is 0 Å². The van der Waals surface area contributed by atoms with Gasteiger partial charge in [0.1, 0.15) is 0 Å². The first kappa shape index (κ1) is 12.1. The summed E-state index contributed by atoms with van der Waals surface area (Å²) in [5.74, 6) is 0.0525. The quantitative estimate of drug-likeness (QED) is 0.797. The molecule has 0 aliphatic carbocycles. The molecule has 17 heavy (non-hydrogen) atoms. The van der Waals surface area contributed by atoms with Crippen molar-refractivity contribution in [3.05, 3.63) is 34.9 Å².